The monoisotopic (exact) mass is 521 g/mol. The molecular weight excluding hydrogens is 513 g/mol. The molecule has 70 valence electrons. The Hall–Kier alpha value is 0.157. The van der Waals surface area contributed by atoms with Gasteiger partial charge in [-0.15, -0.1) is 0 Å². The van der Waals surface area contributed by atoms with Crippen molar-refractivity contribution in [1.29, 1.82) is 0 Å². The molecule has 13 heavy (non-hydrogen) atoms. The number of nitrogens with two attached hydrogens (primary N) is 1. The third-order valence-electron chi connectivity index (χ3n) is 1.43. The van der Waals surface area contributed by atoms with Gasteiger partial charge in [-0.05, 0) is 0 Å². The van der Waals surface area contributed by atoms with Crippen LogP contribution in [-0.2, 0) is 45.2 Å². The largest absolute Gasteiger partial charge is 0 e. The van der Waals surface area contributed by atoms with Gasteiger partial charge < -0.3 is 0 Å². The number of rotatable bonds is 2. The van der Waals surface area contributed by atoms with E-state index in [0.717, 1.165) is 19.4 Å². The fourth-order valence-electron chi connectivity index (χ4n) is 0.817. The average molecular weight is 521 g/mol. The zero-order valence-electron chi connectivity index (χ0n) is 6.91. The Morgan fingerprint density at radius 2 is 2.15 bits per heavy atom. The zero-order valence-corrected chi connectivity index (χ0v) is 12.8. The second-order valence-electron chi connectivity index (χ2n) is 2.20. The molecule has 0 fully saturated rings. The van der Waals surface area contributed by atoms with Gasteiger partial charge in [0.2, 0.25) is 0 Å². The molecule has 0 saturated heterocycles. The molecule has 0 aromatic heterocycles. The molecular formula is C8H8FNOW2. The number of methoxy groups -OCH3 is 1. The van der Waals surface area contributed by atoms with Crippen LogP contribution in [-0.4, -0.2) is 11.2 Å². The number of benzene rings is 1. The van der Waals surface area contributed by atoms with Crippen LogP contribution in [0.25, 0.3) is 0 Å². The van der Waals surface area contributed by atoms with E-state index in [9.17, 15) is 4.39 Å². The van der Waals surface area contributed by atoms with Gasteiger partial charge >= 0.3 is 80.7 Å². The smallest absolute Gasteiger partial charge is 0 e. The first kappa shape index (κ1) is 13.2. The van der Waals surface area contributed by atoms with Gasteiger partial charge in [0.05, 0.1) is 0 Å². The van der Waals surface area contributed by atoms with E-state index in [2.05, 4.69) is 0 Å². The summed E-state index contributed by atoms with van der Waals surface area (Å²) in [6.45, 7) is 0. The Bertz CT molecular complexity index is 317. The quantitative estimate of drug-likeness (QED) is 0.593. The molecule has 1 aromatic rings. The predicted octanol–water partition coefficient (Wildman–Crippen LogP) is 1.08. The summed E-state index contributed by atoms with van der Waals surface area (Å²) >= 11 is 1.08. The molecule has 0 bridgehead atoms. The van der Waals surface area contributed by atoms with E-state index in [1.54, 1.807) is 12.1 Å². The molecule has 0 saturated carbocycles. The third-order valence-corrected chi connectivity index (χ3v) is 2.82. The number of nitrogen functional groups attached to an aromatic ring is 1. The van der Waals surface area contributed by atoms with Crippen LogP contribution in [0, 0.1) is 5.82 Å². The number of hydrogen-bond acceptors (Lipinski definition) is 2. The molecule has 1 rings (SSSR count). The SMILES string of the molecule is CO[C](=[W])c1cccc(N)c1F.[W]. The van der Waals surface area contributed by atoms with Crippen molar-refractivity contribution in [2.75, 3.05) is 12.8 Å². The van der Waals surface area contributed by atoms with Gasteiger partial charge in [0.1, 0.15) is 0 Å². The predicted molar refractivity (Wildman–Crippen MR) is 41.9 cm³/mol. The summed E-state index contributed by atoms with van der Waals surface area (Å²) in [4.78, 5) is 0. The van der Waals surface area contributed by atoms with Crippen molar-refractivity contribution in [3.63, 3.8) is 0 Å². The summed E-state index contributed by atoms with van der Waals surface area (Å²) in [5, 5.41) is 0. The van der Waals surface area contributed by atoms with Crippen LogP contribution in [0.1, 0.15) is 5.56 Å². The van der Waals surface area contributed by atoms with Crippen LogP contribution in [0.2, 0.25) is 0 Å². The molecule has 0 amide bonds. The summed E-state index contributed by atoms with van der Waals surface area (Å²) in [5.41, 5.74) is 5.99. The summed E-state index contributed by atoms with van der Waals surface area (Å²) in [5.74, 6) is -0.399. The van der Waals surface area contributed by atoms with Crippen molar-refractivity contribution >= 4 is 9.77 Å². The Morgan fingerprint density at radius 3 is 2.69 bits per heavy atom. The molecule has 1 aromatic carbocycles. The molecule has 0 unspecified atom stereocenters. The first-order valence-corrected chi connectivity index (χ1v) is 4.75. The molecule has 0 spiro atoms. The number of ether oxygens (including phenoxy) is 1. The van der Waals surface area contributed by atoms with E-state index >= 15 is 0 Å². The van der Waals surface area contributed by atoms with Crippen LogP contribution in [0.15, 0.2) is 18.2 Å². The first-order valence-electron chi connectivity index (χ1n) is 3.29. The minimum Gasteiger partial charge on any atom is 0 e. The molecule has 0 aliphatic rings. The molecule has 2 nitrogen and oxygen atoms in total. The van der Waals surface area contributed by atoms with Gasteiger partial charge in [-0.2, -0.15) is 0 Å². The molecule has 2 N–H and O–H groups in total. The maximum atomic E-state index is 13.2. The van der Waals surface area contributed by atoms with Crippen LogP contribution in [0.4, 0.5) is 10.1 Å². The zero-order chi connectivity index (χ0) is 9.14. The van der Waals surface area contributed by atoms with E-state index in [4.69, 9.17) is 10.5 Å². The van der Waals surface area contributed by atoms with Gasteiger partial charge in [-0.1, -0.05) is 0 Å². The van der Waals surface area contributed by atoms with Crippen molar-refractivity contribution in [3.05, 3.63) is 29.6 Å². The van der Waals surface area contributed by atoms with Crippen LogP contribution >= 0.6 is 0 Å². The maximum Gasteiger partial charge on any atom is 0 e. The molecule has 0 aliphatic heterocycles. The third kappa shape index (κ3) is 3.09. The van der Waals surface area contributed by atoms with E-state index in [-0.39, 0.29) is 26.8 Å². The number of anilines is 1. The first-order chi connectivity index (χ1) is 5.66. The Morgan fingerprint density at radius 1 is 1.54 bits per heavy atom. The normalized spacial score (nSPS) is 9.08. The maximum absolute atomic E-state index is 13.2. The van der Waals surface area contributed by atoms with Gasteiger partial charge in [-0.3, -0.25) is 0 Å². The van der Waals surface area contributed by atoms with Gasteiger partial charge in [0, 0.05) is 21.1 Å². The Balaban J connectivity index is 0.00000144. The molecule has 5 heteroatoms. The summed E-state index contributed by atoms with van der Waals surface area (Å²) in [7, 11) is 1.52. The van der Waals surface area contributed by atoms with E-state index in [0.29, 0.717) is 9.65 Å². The average Bonchev–Trinajstić information content (AvgIpc) is 2.08. The summed E-state index contributed by atoms with van der Waals surface area (Å²) < 4.78 is 18.8. The minimum absolute atomic E-state index is 0. The second kappa shape index (κ2) is 5.80. The van der Waals surface area contributed by atoms with Crippen molar-refractivity contribution in [2.45, 2.75) is 0 Å². The topological polar surface area (TPSA) is 35.2 Å². The van der Waals surface area contributed by atoms with Crippen molar-refractivity contribution < 1.29 is 49.5 Å². The van der Waals surface area contributed by atoms with E-state index < -0.39 is 5.82 Å². The molecule has 0 radical (unpaired) electrons. The summed E-state index contributed by atoms with van der Waals surface area (Å²) in [6, 6.07) is 4.88. The van der Waals surface area contributed by atoms with Crippen LogP contribution in [0.3, 0.4) is 0 Å². The Labute approximate surface area is 101 Å². The van der Waals surface area contributed by atoms with Gasteiger partial charge in [0.15, 0.2) is 0 Å². The fraction of sp³-hybridized carbons (Fsp3) is 0.125. The molecule has 0 aliphatic carbocycles. The van der Waals surface area contributed by atoms with Crippen molar-refractivity contribution in [3.8, 4) is 0 Å². The van der Waals surface area contributed by atoms with Gasteiger partial charge in [0.25, 0.3) is 0 Å². The van der Waals surface area contributed by atoms with E-state index in [1.165, 1.54) is 13.2 Å². The Kier molecular flexibility index (Phi) is 5.87. The van der Waals surface area contributed by atoms with Crippen molar-refractivity contribution in [1.82, 2.24) is 0 Å². The van der Waals surface area contributed by atoms with Crippen molar-refractivity contribution in [2.24, 2.45) is 0 Å². The van der Waals surface area contributed by atoms with Gasteiger partial charge in [-0.25, -0.2) is 0 Å². The fourth-order valence-corrected chi connectivity index (χ4v) is 1.38. The van der Waals surface area contributed by atoms with Crippen LogP contribution in [0.5, 0.6) is 0 Å². The molecule has 0 heterocycles. The standard InChI is InChI=1S/C8H8FNO.2W/c1-11-5-6-3-2-4-7(10)8(6)9;;/h2-4H,10H2,1H3;;. The van der Waals surface area contributed by atoms with Crippen LogP contribution < -0.4 is 5.73 Å². The van der Waals surface area contributed by atoms with E-state index in [1.807, 2.05) is 0 Å². The molecule has 0 atom stereocenters. The number of hydrogen-bond donors (Lipinski definition) is 1. The minimum atomic E-state index is -0.399. The second-order valence-corrected chi connectivity index (χ2v) is 3.53. The summed E-state index contributed by atoms with van der Waals surface area (Å²) in [6.07, 6.45) is 0. The number of halogens is 1.